The molecule has 10 nitrogen and oxygen atoms in total. The van der Waals surface area contributed by atoms with E-state index < -0.39 is 12.3 Å². The first-order chi connectivity index (χ1) is 8.34. The molecule has 106 valence electrons. The summed E-state index contributed by atoms with van der Waals surface area (Å²) in [7, 11) is 0. The molecule has 0 spiro atoms. The Labute approximate surface area is 110 Å². The van der Waals surface area contributed by atoms with E-state index in [1.165, 1.54) is 6.33 Å². The molecule has 2 aromatic heterocycles. The molecule has 0 aliphatic carbocycles. The zero-order valence-electron chi connectivity index (χ0n) is 9.32. The topological polar surface area (TPSA) is 192 Å². The number of carbonyl (C=O) groups is 2. The van der Waals surface area contributed by atoms with Gasteiger partial charge in [0.1, 0.15) is 17.1 Å². The van der Waals surface area contributed by atoms with E-state index in [1.54, 1.807) is 6.20 Å². The number of hydrogen-bond acceptors (Lipinski definition) is 5. The lowest BCUT2D eigenvalue weighted by Gasteiger charge is -1.88. The predicted octanol–water partition coefficient (Wildman–Crippen LogP) is 2.22. The van der Waals surface area contributed by atoms with Crippen molar-refractivity contribution in [2.45, 2.75) is 0 Å². The van der Waals surface area contributed by atoms with E-state index in [-0.39, 0.29) is 6.15 Å². The number of aromatic amines is 1. The van der Waals surface area contributed by atoms with Gasteiger partial charge in [0.05, 0.1) is 5.39 Å². The number of nitrogens with one attached hydrogen (secondary N) is 1. The van der Waals surface area contributed by atoms with Crippen LogP contribution in [0.3, 0.4) is 0 Å². The number of H-pyrrole nitrogens is 1. The lowest BCUT2D eigenvalue weighted by Crippen LogP contribution is -1.81. The van der Waals surface area contributed by atoms with Crippen molar-refractivity contribution in [2.24, 2.45) is 0 Å². The minimum Gasteiger partial charge on any atom is -0.450 e. The summed E-state index contributed by atoms with van der Waals surface area (Å²) in [4.78, 5) is 27.8. The molecule has 0 aliphatic heterocycles. The summed E-state index contributed by atoms with van der Waals surface area (Å²) in [5.41, 5.74) is 0.778. The first-order valence-electron chi connectivity index (χ1n) is 4.12. The average molecular weight is 295 g/mol. The molecule has 2 rings (SSSR count). The summed E-state index contributed by atoms with van der Waals surface area (Å²) in [5, 5.41) is 29.2. The normalized spacial score (nSPS) is 8.05. The molecule has 2 aromatic rings. The zero-order chi connectivity index (χ0) is 14.1. The number of halogens is 1. The third-order valence-corrected chi connectivity index (χ3v) is 1.61. The van der Waals surface area contributed by atoms with Crippen LogP contribution in [-0.2, 0) is 0 Å². The second-order valence-corrected chi connectivity index (χ2v) is 2.83. The van der Waals surface area contributed by atoms with Gasteiger partial charge in [0.25, 0.3) is 0 Å². The Morgan fingerprint density at radius 2 is 1.58 bits per heavy atom. The van der Waals surface area contributed by atoms with E-state index in [9.17, 15) is 0 Å². The van der Waals surface area contributed by atoms with Crippen LogP contribution in [0.1, 0.15) is 0 Å². The van der Waals surface area contributed by atoms with Gasteiger partial charge in [0, 0.05) is 6.20 Å². The fourth-order valence-corrected chi connectivity index (χ4v) is 1.04. The van der Waals surface area contributed by atoms with Gasteiger partial charge in [-0.15, -0.1) is 0 Å². The molecule has 19 heavy (non-hydrogen) atoms. The minimum atomic E-state index is -1.83. The molecular formula is C8H11ClN4O6. The molecule has 0 saturated carbocycles. The lowest BCUT2D eigenvalue weighted by molar-refractivity contribution is 0.135. The predicted molar refractivity (Wildman–Crippen MR) is 65.2 cm³/mol. The zero-order valence-corrected chi connectivity index (χ0v) is 10.1. The van der Waals surface area contributed by atoms with Gasteiger partial charge in [0.2, 0.25) is 0 Å². The Kier molecular flexibility index (Phi) is 9.33. The molecule has 0 radical (unpaired) electrons. The molecule has 0 fully saturated rings. The smallest absolute Gasteiger partial charge is 0.450 e. The van der Waals surface area contributed by atoms with Crippen molar-refractivity contribution in [3.05, 3.63) is 23.7 Å². The average Bonchev–Trinajstić information content (AvgIpc) is 2.65. The molecule has 8 N–H and O–H groups in total. The highest BCUT2D eigenvalue weighted by Crippen LogP contribution is 2.16. The van der Waals surface area contributed by atoms with Crippen molar-refractivity contribution in [1.82, 2.24) is 21.1 Å². The van der Waals surface area contributed by atoms with Crippen molar-refractivity contribution in [2.75, 3.05) is 0 Å². The van der Waals surface area contributed by atoms with Crippen LogP contribution in [-0.4, -0.2) is 47.7 Å². The monoisotopic (exact) mass is 294 g/mol. The number of rotatable bonds is 0. The number of nitrogens with zero attached hydrogens (tertiary/aromatic N) is 2. The standard InChI is InChI=1S/C6H4ClN3.2CH2O3.H3N/c7-5-4-1-2-8-6(4)10-3-9-5;2*2-1(3)4;/h1-3H,(H,8,9,10);2*(H2,2,3,4);1H3. The van der Waals surface area contributed by atoms with Crippen molar-refractivity contribution in [3.8, 4) is 0 Å². The number of aromatic nitrogens is 3. The van der Waals surface area contributed by atoms with Crippen molar-refractivity contribution < 1.29 is 30.0 Å². The molecule has 0 aromatic carbocycles. The summed E-state index contributed by atoms with van der Waals surface area (Å²) in [5.74, 6) is 0. The van der Waals surface area contributed by atoms with Crippen LogP contribution in [0.5, 0.6) is 0 Å². The third-order valence-electron chi connectivity index (χ3n) is 1.31. The summed E-state index contributed by atoms with van der Waals surface area (Å²) in [6.07, 6.45) is -0.452. The fraction of sp³-hybridized carbons (Fsp3) is 0. The van der Waals surface area contributed by atoms with Gasteiger partial charge >= 0.3 is 12.3 Å². The van der Waals surface area contributed by atoms with Crippen molar-refractivity contribution >= 4 is 34.9 Å². The first kappa shape index (κ1) is 18.8. The van der Waals surface area contributed by atoms with Crippen LogP contribution in [0.4, 0.5) is 9.59 Å². The maximum absolute atomic E-state index is 8.56. The summed E-state index contributed by atoms with van der Waals surface area (Å²) >= 11 is 5.73. The van der Waals surface area contributed by atoms with Gasteiger partial charge in [-0.3, -0.25) is 0 Å². The fourth-order valence-electron chi connectivity index (χ4n) is 0.841. The van der Waals surface area contributed by atoms with E-state index in [2.05, 4.69) is 15.0 Å². The van der Waals surface area contributed by atoms with E-state index in [0.29, 0.717) is 5.15 Å². The summed E-state index contributed by atoms with van der Waals surface area (Å²) < 4.78 is 0. The second-order valence-electron chi connectivity index (χ2n) is 2.47. The highest BCUT2D eigenvalue weighted by Gasteiger charge is 1.98. The molecule has 0 atom stereocenters. The van der Waals surface area contributed by atoms with Gasteiger partial charge in [-0.05, 0) is 6.07 Å². The van der Waals surface area contributed by atoms with E-state index in [0.717, 1.165) is 11.0 Å². The van der Waals surface area contributed by atoms with Gasteiger partial charge < -0.3 is 31.6 Å². The van der Waals surface area contributed by atoms with Crippen LogP contribution >= 0.6 is 11.6 Å². The highest BCUT2D eigenvalue weighted by atomic mass is 35.5. The van der Waals surface area contributed by atoms with Crippen LogP contribution < -0.4 is 6.15 Å². The van der Waals surface area contributed by atoms with Gasteiger partial charge in [0.15, 0.2) is 0 Å². The SMILES string of the molecule is Clc1ncnc2[nH]ccc12.N.O=C(O)O.O=C(O)O. The molecule has 0 aliphatic rings. The molecule has 0 amide bonds. The molecular weight excluding hydrogens is 284 g/mol. The summed E-state index contributed by atoms with van der Waals surface area (Å²) in [6, 6.07) is 1.84. The van der Waals surface area contributed by atoms with E-state index >= 15 is 0 Å². The Bertz CT molecular complexity index is 511. The Balaban J connectivity index is 0. The Morgan fingerprint density at radius 3 is 2.00 bits per heavy atom. The van der Waals surface area contributed by atoms with E-state index in [4.69, 9.17) is 41.6 Å². The molecule has 0 bridgehead atoms. The van der Waals surface area contributed by atoms with E-state index in [1.807, 2.05) is 6.07 Å². The quantitative estimate of drug-likeness (QED) is 0.395. The van der Waals surface area contributed by atoms with Crippen LogP contribution in [0.15, 0.2) is 18.6 Å². The van der Waals surface area contributed by atoms with Crippen molar-refractivity contribution in [3.63, 3.8) is 0 Å². The number of fused-ring (bicyclic) bond motifs is 1. The molecule has 2 heterocycles. The number of carboxylic acid groups (broad SMARTS) is 4. The van der Waals surface area contributed by atoms with Gasteiger partial charge in [-0.2, -0.15) is 0 Å². The Hall–Kier alpha value is -2.59. The molecule has 0 saturated heterocycles. The largest absolute Gasteiger partial charge is 0.503 e. The van der Waals surface area contributed by atoms with Crippen molar-refractivity contribution in [1.29, 1.82) is 0 Å². The Morgan fingerprint density at radius 1 is 1.11 bits per heavy atom. The van der Waals surface area contributed by atoms with Crippen LogP contribution in [0.25, 0.3) is 11.0 Å². The lowest BCUT2D eigenvalue weighted by atomic mass is 10.4. The summed E-state index contributed by atoms with van der Waals surface area (Å²) in [6.45, 7) is 0. The molecule has 0 unspecified atom stereocenters. The maximum Gasteiger partial charge on any atom is 0.503 e. The molecule has 11 heteroatoms. The first-order valence-corrected chi connectivity index (χ1v) is 4.49. The van der Waals surface area contributed by atoms with Gasteiger partial charge in [-0.1, -0.05) is 11.6 Å². The number of hydrogen-bond donors (Lipinski definition) is 6. The second kappa shape index (κ2) is 9.44. The van der Waals surface area contributed by atoms with Gasteiger partial charge in [-0.25, -0.2) is 19.6 Å². The highest BCUT2D eigenvalue weighted by molar-refractivity contribution is 6.33. The third kappa shape index (κ3) is 9.14. The van der Waals surface area contributed by atoms with Crippen LogP contribution in [0.2, 0.25) is 5.15 Å². The van der Waals surface area contributed by atoms with Crippen LogP contribution in [0, 0.1) is 0 Å². The maximum atomic E-state index is 8.56. The minimum absolute atomic E-state index is 0.